The predicted octanol–water partition coefficient (Wildman–Crippen LogP) is 2.20. The van der Waals surface area contributed by atoms with E-state index < -0.39 is 18.2 Å². The van der Waals surface area contributed by atoms with Gasteiger partial charge in [-0.05, 0) is 31.9 Å². The lowest BCUT2D eigenvalue weighted by molar-refractivity contribution is -0.149. The highest BCUT2D eigenvalue weighted by Gasteiger charge is 2.28. The molecule has 94 valence electrons. The Morgan fingerprint density at radius 3 is 2.65 bits per heavy atom. The van der Waals surface area contributed by atoms with Crippen molar-refractivity contribution in [2.24, 2.45) is 5.73 Å². The van der Waals surface area contributed by atoms with E-state index >= 15 is 0 Å². The van der Waals surface area contributed by atoms with Crippen LogP contribution in [-0.4, -0.2) is 18.7 Å². The molecule has 2 atom stereocenters. The molecule has 1 aromatic carbocycles. The third-order valence-electron chi connectivity index (χ3n) is 2.61. The van der Waals surface area contributed by atoms with Gasteiger partial charge in [0, 0.05) is 0 Å². The standard InChI is InChI=1S/C13H18FNO2/c1-4-17-13(16)11(14)12(15)10-6-5-8(2)7-9(10)3/h5-7,11-12H,4,15H2,1-3H3/t11?,12-/m1/s1. The maximum atomic E-state index is 13.7. The van der Waals surface area contributed by atoms with E-state index in [1.54, 1.807) is 13.0 Å². The number of hydrogen-bond acceptors (Lipinski definition) is 3. The average Bonchev–Trinajstić information content (AvgIpc) is 2.27. The zero-order valence-corrected chi connectivity index (χ0v) is 10.4. The van der Waals surface area contributed by atoms with Crippen molar-refractivity contribution < 1.29 is 13.9 Å². The number of carbonyl (C=O) groups is 1. The molecule has 17 heavy (non-hydrogen) atoms. The van der Waals surface area contributed by atoms with Crippen LogP contribution in [0.4, 0.5) is 4.39 Å². The molecule has 0 radical (unpaired) electrons. The van der Waals surface area contributed by atoms with Crippen LogP contribution in [0.3, 0.4) is 0 Å². The second-order valence-electron chi connectivity index (χ2n) is 4.04. The number of nitrogens with two attached hydrogens (primary N) is 1. The highest BCUT2D eigenvalue weighted by molar-refractivity contribution is 5.75. The quantitative estimate of drug-likeness (QED) is 0.819. The van der Waals surface area contributed by atoms with Crippen LogP contribution in [0.5, 0.6) is 0 Å². The number of rotatable bonds is 4. The molecule has 0 fully saturated rings. The van der Waals surface area contributed by atoms with Crippen LogP contribution in [0.1, 0.15) is 29.7 Å². The molecule has 1 aromatic rings. The molecule has 0 saturated heterocycles. The first-order valence-corrected chi connectivity index (χ1v) is 5.60. The molecule has 0 aliphatic rings. The number of alkyl halides is 1. The van der Waals surface area contributed by atoms with Gasteiger partial charge in [0.25, 0.3) is 0 Å². The van der Waals surface area contributed by atoms with Crippen molar-refractivity contribution in [2.75, 3.05) is 6.61 Å². The Hall–Kier alpha value is -1.42. The van der Waals surface area contributed by atoms with Gasteiger partial charge in [-0.3, -0.25) is 0 Å². The molecule has 4 heteroatoms. The van der Waals surface area contributed by atoms with Crippen molar-refractivity contribution in [2.45, 2.75) is 33.0 Å². The lowest BCUT2D eigenvalue weighted by Crippen LogP contribution is -2.32. The third-order valence-corrected chi connectivity index (χ3v) is 2.61. The molecule has 0 aliphatic heterocycles. The monoisotopic (exact) mass is 239 g/mol. The Balaban J connectivity index is 2.88. The van der Waals surface area contributed by atoms with Crippen molar-refractivity contribution in [1.29, 1.82) is 0 Å². The summed E-state index contributed by atoms with van der Waals surface area (Å²) in [6.07, 6.45) is -1.82. The van der Waals surface area contributed by atoms with Gasteiger partial charge >= 0.3 is 5.97 Å². The Labute approximate surface area is 101 Å². The Morgan fingerprint density at radius 1 is 1.47 bits per heavy atom. The van der Waals surface area contributed by atoms with Crippen LogP contribution in [0.2, 0.25) is 0 Å². The number of aryl methyl sites for hydroxylation is 2. The molecule has 0 spiro atoms. The summed E-state index contributed by atoms with van der Waals surface area (Å²) in [5.74, 6) is -0.903. The molecule has 0 aliphatic carbocycles. The van der Waals surface area contributed by atoms with Crippen molar-refractivity contribution >= 4 is 5.97 Å². The van der Waals surface area contributed by atoms with E-state index in [2.05, 4.69) is 4.74 Å². The summed E-state index contributed by atoms with van der Waals surface area (Å²) in [5.41, 5.74) is 8.33. The zero-order valence-electron chi connectivity index (χ0n) is 10.4. The van der Waals surface area contributed by atoms with Gasteiger partial charge in [-0.25, -0.2) is 9.18 Å². The van der Waals surface area contributed by atoms with Crippen LogP contribution in [0, 0.1) is 13.8 Å². The number of benzene rings is 1. The Bertz CT molecular complexity index is 406. The Morgan fingerprint density at radius 2 is 2.12 bits per heavy atom. The molecular weight excluding hydrogens is 221 g/mol. The molecular formula is C13H18FNO2. The molecule has 0 saturated carbocycles. The summed E-state index contributed by atoms with van der Waals surface area (Å²) >= 11 is 0. The van der Waals surface area contributed by atoms with E-state index in [9.17, 15) is 9.18 Å². The minimum absolute atomic E-state index is 0.152. The van der Waals surface area contributed by atoms with Gasteiger partial charge in [-0.1, -0.05) is 23.8 Å². The van der Waals surface area contributed by atoms with Crippen molar-refractivity contribution in [1.82, 2.24) is 0 Å². The number of esters is 1. The summed E-state index contributed by atoms with van der Waals surface area (Å²) in [7, 11) is 0. The van der Waals surface area contributed by atoms with Gasteiger partial charge in [-0.15, -0.1) is 0 Å². The number of hydrogen-bond donors (Lipinski definition) is 1. The minimum atomic E-state index is -1.82. The van der Waals surface area contributed by atoms with Gasteiger partial charge in [0.2, 0.25) is 6.17 Å². The minimum Gasteiger partial charge on any atom is -0.464 e. The van der Waals surface area contributed by atoms with Crippen molar-refractivity contribution in [3.63, 3.8) is 0 Å². The summed E-state index contributed by atoms with van der Waals surface area (Å²) in [6, 6.07) is 4.53. The first kappa shape index (κ1) is 13.6. The largest absolute Gasteiger partial charge is 0.464 e. The van der Waals surface area contributed by atoms with Crippen LogP contribution < -0.4 is 5.73 Å². The van der Waals surface area contributed by atoms with Crippen molar-refractivity contribution in [3.05, 3.63) is 34.9 Å². The zero-order chi connectivity index (χ0) is 13.0. The molecule has 0 heterocycles. The SMILES string of the molecule is CCOC(=O)C(F)[C@H](N)c1ccc(C)cc1C. The topological polar surface area (TPSA) is 52.3 Å². The summed E-state index contributed by atoms with van der Waals surface area (Å²) in [6.45, 7) is 5.58. The summed E-state index contributed by atoms with van der Waals surface area (Å²) < 4.78 is 18.4. The second kappa shape index (κ2) is 5.77. The molecule has 2 N–H and O–H groups in total. The fraction of sp³-hybridized carbons (Fsp3) is 0.462. The van der Waals surface area contributed by atoms with Gasteiger partial charge in [-0.2, -0.15) is 0 Å². The molecule has 3 nitrogen and oxygen atoms in total. The van der Waals surface area contributed by atoms with E-state index in [-0.39, 0.29) is 6.61 Å². The predicted molar refractivity (Wildman–Crippen MR) is 64.4 cm³/mol. The van der Waals surface area contributed by atoms with E-state index in [0.29, 0.717) is 5.56 Å². The van der Waals surface area contributed by atoms with Gasteiger partial charge in [0.1, 0.15) is 0 Å². The van der Waals surface area contributed by atoms with Crippen LogP contribution >= 0.6 is 0 Å². The Kier molecular flexibility index (Phi) is 4.63. The first-order valence-electron chi connectivity index (χ1n) is 5.60. The third kappa shape index (κ3) is 3.27. The fourth-order valence-corrected chi connectivity index (χ4v) is 1.73. The number of halogens is 1. The molecule has 0 aromatic heterocycles. The number of carbonyl (C=O) groups excluding carboxylic acids is 1. The fourth-order valence-electron chi connectivity index (χ4n) is 1.73. The van der Waals surface area contributed by atoms with Crippen LogP contribution in [0.25, 0.3) is 0 Å². The van der Waals surface area contributed by atoms with Gasteiger partial charge < -0.3 is 10.5 Å². The van der Waals surface area contributed by atoms with E-state index in [0.717, 1.165) is 11.1 Å². The van der Waals surface area contributed by atoms with Crippen LogP contribution in [0.15, 0.2) is 18.2 Å². The second-order valence-corrected chi connectivity index (χ2v) is 4.04. The lowest BCUT2D eigenvalue weighted by atomic mass is 9.97. The van der Waals surface area contributed by atoms with E-state index in [4.69, 9.17) is 5.73 Å². The highest BCUT2D eigenvalue weighted by atomic mass is 19.1. The molecule has 0 bridgehead atoms. The summed E-state index contributed by atoms with van der Waals surface area (Å²) in [5, 5.41) is 0. The highest BCUT2D eigenvalue weighted by Crippen LogP contribution is 2.22. The lowest BCUT2D eigenvalue weighted by Gasteiger charge is -2.18. The maximum absolute atomic E-state index is 13.7. The smallest absolute Gasteiger partial charge is 0.342 e. The van der Waals surface area contributed by atoms with Crippen molar-refractivity contribution in [3.8, 4) is 0 Å². The molecule has 1 rings (SSSR count). The molecule has 1 unspecified atom stereocenters. The number of ether oxygens (including phenoxy) is 1. The van der Waals surface area contributed by atoms with E-state index in [1.807, 2.05) is 26.0 Å². The maximum Gasteiger partial charge on any atom is 0.342 e. The molecule has 0 amide bonds. The average molecular weight is 239 g/mol. The van der Waals surface area contributed by atoms with Gasteiger partial charge in [0.15, 0.2) is 0 Å². The first-order chi connectivity index (χ1) is 7.97. The van der Waals surface area contributed by atoms with Crippen LogP contribution in [-0.2, 0) is 9.53 Å². The van der Waals surface area contributed by atoms with E-state index in [1.165, 1.54) is 0 Å². The summed E-state index contributed by atoms with van der Waals surface area (Å²) in [4.78, 5) is 11.3. The normalized spacial score (nSPS) is 14.2. The van der Waals surface area contributed by atoms with Gasteiger partial charge in [0.05, 0.1) is 12.6 Å².